The fourth-order valence-electron chi connectivity index (χ4n) is 3.97. The van der Waals surface area contributed by atoms with Crippen LogP contribution in [0.15, 0.2) is 42.5 Å². The summed E-state index contributed by atoms with van der Waals surface area (Å²) in [4.78, 5) is 22.6. The SMILES string of the molecule is COc1ccc2nc(N(CCCN3CCOCC3)C(=O)c3ccc(C(C)(C)C)cc3)sc2c1. The van der Waals surface area contributed by atoms with Crippen LogP contribution in [0.5, 0.6) is 5.75 Å². The lowest BCUT2D eigenvalue weighted by molar-refractivity contribution is 0.0376. The van der Waals surface area contributed by atoms with Crippen LogP contribution < -0.4 is 9.64 Å². The molecule has 0 saturated carbocycles. The predicted molar refractivity (Wildman–Crippen MR) is 135 cm³/mol. The molecular formula is C26H33N3O3S. The number of anilines is 1. The summed E-state index contributed by atoms with van der Waals surface area (Å²) in [7, 11) is 1.66. The van der Waals surface area contributed by atoms with Gasteiger partial charge in [-0.2, -0.15) is 0 Å². The summed E-state index contributed by atoms with van der Waals surface area (Å²) in [5.74, 6) is 0.782. The lowest BCUT2D eigenvalue weighted by atomic mass is 9.86. The summed E-state index contributed by atoms with van der Waals surface area (Å²) >= 11 is 1.53. The maximum Gasteiger partial charge on any atom is 0.260 e. The Balaban J connectivity index is 1.58. The Morgan fingerprint density at radius 1 is 1.15 bits per heavy atom. The van der Waals surface area contributed by atoms with Gasteiger partial charge in [-0.25, -0.2) is 4.98 Å². The van der Waals surface area contributed by atoms with Gasteiger partial charge in [0.2, 0.25) is 0 Å². The predicted octanol–water partition coefficient (Wildman–Crippen LogP) is 4.97. The van der Waals surface area contributed by atoms with Crippen molar-refractivity contribution >= 4 is 32.6 Å². The van der Waals surface area contributed by atoms with Crippen molar-refractivity contribution in [1.82, 2.24) is 9.88 Å². The molecule has 1 saturated heterocycles. The maximum atomic E-state index is 13.6. The largest absolute Gasteiger partial charge is 0.497 e. The maximum absolute atomic E-state index is 13.6. The van der Waals surface area contributed by atoms with Crippen LogP contribution in [0, 0.1) is 0 Å². The topological polar surface area (TPSA) is 54.9 Å². The Hall–Kier alpha value is -2.48. The number of nitrogens with zero attached hydrogens (tertiary/aromatic N) is 3. The van der Waals surface area contributed by atoms with Gasteiger partial charge in [-0.05, 0) is 47.7 Å². The second kappa shape index (κ2) is 10.2. The van der Waals surface area contributed by atoms with E-state index in [-0.39, 0.29) is 11.3 Å². The van der Waals surface area contributed by atoms with Crippen molar-refractivity contribution in [3.05, 3.63) is 53.6 Å². The van der Waals surface area contributed by atoms with E-state index in [4.69, 9.17) is 14.5 Å². The zero-order valence-corrected chi connectivity index (χ0v) is 20.8. The molecule has 2 aromatic carbocycles. The number of hydrogen-bond donors (Lipinski definition) is 0. The monoisotopic (exact) mass is 467 g/mol. The quantitative estimate of drug-likeness (QED) is 0.491. The Kier molecular flexibility index (Phi) is 7.32. The molecule has 4 rings (SSSR count). The number of rotatable bonds is 7. The molecule has 2 heterocycles. The molecule has 0 spiro atoms. The molecular weight excluding hydrogens is 434 g/mol. The van der Waals surface area contributed by atoms with Crippen LogP contribution in [-0.4, -0.2) is 62.3 Å². The first-order valence-corrected chi connectivity index (χ1v) is 12.3. The number of carbonyl (C=O) groups excluding carboxylic acids is 1. The summed E-state index contributed by atoms with van der Waals surface area (Å²) in [5, 5.41) is 0.727. The summed E-state index contributed by atoms with van der Waals surface area (Å²) < 4.78 is 11.8. The van der Waals surface area contributed by atoms with Gasteiger partial charge in [-0.3, -0.25) is 14.6 Å². The molecule has 6 nitrogen and oxygen atoms in total. The highest BCUT2D eigenvalue weighted by Gasteiger charge is 2.23. The molecule has 33 heavy (non-hydrogen) atoms. The van der Waals surface area contributed by atoms with E-state index in [1.54, 1.807) is 7.11 Å². The van der Waals surface area contributed by atoms with Gasteiger partial charge in [0, 0.05) is 31.7 Å². The van der Waals surface area contributed by atoms with Crippen molar-refractivity contribution in [1.29, 1.82) is 0 Å². The normalized spacial score (nSPS) is 15.0. The number of methoxy groups -OCH3 is 1. The van der Waals surface area contributed by atoms with E-state index in [1.165, 1.54) is 16.9 Å². The molecule has 0 bridgehead atoms. The van der Waals surface area contributed by atoms with E-state index in [1.807, 2.05) is 35.2 Å². The summed E-state index contributed by atoms with van der Waals surface area (Å²) in [6.07, 6.45) is 0.880. The van der Waals surface area contributed by atoms with E-state index in [0.29, 0.717) is 12.1 Å². The Bertz CT molecular complexity index is 1080. The fourth-order valence-corrected chi connectivity index (χ4v) is 4.98. The van der Waals surface area contributed by atoms with E-state index < -0.39 is 0 Å². The van der Waals surface area contributed by atoms with Gasteiger partial charge in [0.15, 0.2) is 5.13 Å². The van der Waals surface area contributed by atoms with Crippen molar-refractivity contribution in [3.8, 4) is 5.75 Å². The van der Waals surface area contributed by atoms with Crippen molar-refractivity contribution in [2.45, 2.75) is 32.6 Å². The van der Waals surface area contributed by atoms with Gasteiger partial charge in [0.05, 0.1) is 30.5 Å². The number of thiazole rings is 1. The number of benzene rings is 2. The Labute approximate surface area is 200 Å². The molecule has 1 aromatic heterocycles. The molecule has 0 unspecified atom stereocenters. The standard InChI is InChI=1S/C26H33N3O3S/c1-26(2,3)20-8-6-19(7-9-20)24(30)29(13-5-12-28-14-16-32-17-15-28)25-27-22-11-10-21(31-4)18-23(22)33-25/h6-11,18H,5,12-17H2,1-4H3. The van der Waals surface area contributed by atoms with Crippen LogP contribution >= 0.6 is 11.3 Å². The third-order valence-corrected chi connectivity index (χ3v) is 7.06. The smallest absolute Gasteiger partial charge is 0.260 e. The fraction of sp³-hybridized carbons (Fsp3) is 0.462. The molecule has 1 fully saturated rings. The van der Waals surface area contributed by atoms with E-state index >= 15 is 0 Å². The molecule has 0 atom stereocenters. The van der Waals surface area contributed by atoms with Crippen LogP contribution in [0.2, 0.25) is 0 Å². The zero-order valence-electron chi connectivity index (χ0n) is 20.0. The molecule has 0 aliphatic carbocycles. The number of hydrogen-bond acceptors (Lipinski definition) is 6. The minimum Gasteiger partial charge on any atom is -0.497 e. The van der Waals surface area contributed by atoms with Gasteiger partial charge in [0.1, 0.15) is 5.75 Å². The summed E-state index contributed by atoms with van der Waals surface area (Å²) in [5.41, 5.74) is 2.83. The number of carbonyl (C=O) groups is 1. The summed E-state index contributed by atoms with van der Waals surface area (Å²) in [6.45, 7) is 11.5. The first-order valence-electron chi connectivity index (χ1n) is 11.5. The molecule has 1 aliphatic rings. The Morgan fingerprint density at radius 3 is 2.55 bits per heavy atom. The van der Waals surface area contributed by atoms with Gasteiger partial charge in [-0.15, -0.1) is 0 Å². The molecule has 176 valence electrons. The Morgan fingerprint density at radius 2 is 1.88 bits per heavy atom. The molecule has 1 amide bonds. The number of ether oxygens (including phenoxy) is 2. The highest BCUT2D eigenvalue weighted by atomic mass is 32.1. The van der Waals surface area contributed by atoms with Crippen LogP contribution in [-0.2, 0) is 10.2 Å². The van der Waals surface area contributed by atoms with Gasteiger partial charge < -0.3 is 9.47 Å². The second-order valence-corrected chi connectivity index (χ2v) is 10.4. The van der Waals surface area contributed by atoms with Crippen LogP contribution in [0.3, 0.4) is 0 Å². The van der Waals surface area contributed by atoms with E-state index in [2.05, 4.69) is 37.8 Å². The number of amides is 1. The van der Waals surface area contributed by atoms with Crippen LogP contribution in [0.1, 0.15) is 43.1 Å². The average Bonchev–Trinajstić information content (AvgIpc) is 3.24. The van der Waals surface area contributed by atoms with Gasteiger partial charge in [0.25, 0.3) is 5.91 Å². The van der Waals surface area contributed by atoms with Crippen molar-refractivity contribution in [2.24, 2.45) is 0 Å². The molecule has 7 heteroatoms. The zero-order chi connectivity index (χ0) is 23.4. The molecule has 0 N–H and O–H groups in total. The third-order valence-electron chi connectivity index (χ3n) is 6.02. The van der Waals surface area contributed by atoms with Crippen molar-refractivity contribution < 1.29 is 14.3 Å². The van der Waals surface area contributed by atoms with E-state index in [0.717, 1.165) is 60.4 Å². The third kappa shape index (κ3) is 5.72. The highest BCUT2D eigenvalue weighted by molar-refractivity contribution is 7.22. The van der Waals surface area contributed by atoms with Crippen molar-refractivity contribution in [3.63, 3.8) is 0 Å². The first kappa shape index (κ1) is 23.7. The minimum atomic E-state index is -0.0107. The van der Waals surface area contributed by atoms with Gasteiger partial charge in [-0.1, -0.05) is 44.2 Å². The first-order chi connectivity index (χ1) is 15.8. The number of fused-ring (bicyclic) bond motifs is 1. The number of morpholine rings is 1. The lowest BCUT2D eigenvalue weighted by Gasteiger charge is -2.28. The molecule has 3 aromatic rings. The molecule has 1 aliphatic heterocycles. The lowest BCUT2D eigenvalue weighted by Crippen LogP contribution is -2.39. The number of aromatic nitrogens is 1. The highest BCUT2D eigenvalue weighted by Crippen LogP contribution is 2.32. The van der Waals surface area contributed by atoms with Crippen LogP contribution in [0.4, 0.5) is 5.13 Å². The molecule has 0 radical (unpaired) electrons. The average molecular weight is 468 g/mol. The second-order valence-electron chi connectivity index (χ2n) is 9.42. The van der Waals surface area contributed by atoms with E-state index in [9.17, 15) is 4.79 Å². The summed E-state index contributed by atoms with van der Waals surface area (Å²) in [6, 6.07) is 13.8. The van der Waals surface area contributed by atoms with Crippen molar-refractivity contribution in [2.75, 3.05) is 51.4 Å². The van der Waals surface area contributed by atoms with Crippen LogP contribution in [0.25, 0.3) is 10.2 Å². The minimum absolute atomic E-state index is 0.0107. The van der Waals surface area contributed by atoms with Gasteiger partial charge >= 0.3 is 0 Å².